The maximum absolute atomic E-state index is 13.5. The predicted molar refractivity (Wildman–Crippen MR) is 67.2 cm³/mol. The molecule has 100 valence electrons. The summed E-state index contributed by atoms with van der Waals surface area (Å²) in [6, 6.07) is 5.63. The molecule has 1 aromatic carbocycles. The van der Waals surface area contributed by atoms with Crippen LogP contribution in [0.15, 0.2) is 29.2 Å². The Morgan fingerprint density at radius 3 is 2.67 bits per heavy atom. The SMILES string of the molecule is CC1CCC(NS(=O)(=O)c2ccccc2F)CN1. The van der Waals surface area contributed by atoms with Gasteiger partial charge in [-0.25, -0.2) is 17.5 Å². The molecule has 1 aliphatic heterocycles. The molecule has 0 amide bonds. The lowest BCUT2D eigenvalue weighted by molar-refractivity contribution is 0.365. The third-order valence-electron chi connectivity index (χ3n) is 3.11. The zero-order valence-corrected chi connectivity index (χ0v) is 11.0. The Balaban J connectivity index is 2.11. The van der Waals surface area contributed by atoms with Crippen LogP contribution in [-0.4, -0.2) is 27.0 Å². The summed E-state index contributed by atoms with van der Waals surface area (Å²) in [5, 5.41) is 3.20. The van der Waals surface area contributed by atoms with E-state index in [1.54, 1.807) is 0 Å². The van der Waals surface area contributed by atoms with Crippen molar-refractivity contribution in [1.29, 1.82) is 0 Å². The molecule has 0 aliphatic carbocycles. The van der Waals surface area contributed by atoms with E-state index < -0.39 is 15.8 Å². The molecule has 0 bridgehead atoms. The lowest BCUT2D eigenvalue weighted by Crippen LogP contribution is -2.48. The van der Waals surface area contributed by atoms with Gasteiger partial charge in [-0.05, 0) is 31.9 Å². The highest BCUT2D eigenvalue weighted by Crippen LogP contribution is 2.16. The van der Waals surface area contributed by atoms with Crippen molar-refractivity contribution in [2.75, 3.05) is 6.54 Å². The maximum Gasteiger partial charge on any atom is 0.243 e. The van der Waals surface area contributed by atoms with Crippen LogP contribution in [0.1, 0.15) is 19.8 Å². The molecule has 6 heteroatoms. The van der Waals surface area contributed by atoms with Crippen LogP contribution in [0.25, 0.3) is 0 Å². The molecule has 1 heterocycles. The van der Waals surface area contributed by atoms with E-state index in [1.165, 1.54) is 18.2 Å². The number of hydrogen-bond donors (Lipinski definition) is 2. The van der Waals surface area contributed by atoms with Crippen molar-refractivity contribution in [3.8, 4) is 0 Å². The number of hydrogen-bond acceptors (Lipinski definition) is 3. The first-order valence-electron chi connectivity index (χ1n) is 5.99. The molecule has 1 fully saturated rings. The monoisotopic (exact) mass is 272 g/mol. The number of rotatable bonds is 3. The molecule has 0 saturated carbocycles. The van der Waals surface area contributed by atoms with Crippen molar-refractivity contribution >= 4 is 10.0 Å². The third-order valence-corrected chi connectivity index (χ3v) is 4.66. The minimum atomic E-state index is -3.77. The van der Waals surface area contributed by atoms with Crippen LogP contribution in [0, 0.1) is 5.82 Å². The summed E-state index contributed by atoms with van der Waals surface area (Å²) >= 11 is 0. The molecule has 2 unspecified atom stereocenters. The second-order valence-corrected chi connectivity index (χ2v) is 6.32. The van der Waals surface area contributed by atoms with Crippen LogP contribution in [0.2, 0.25) is 0 Å². The van der Waals surface area contributed by atoms with Gasteiger partial charge in [0.1, 0.15) is 10.7 Å². The summed E-state index contributed by atoms with van der Waals surface area (Å²) in [6.07, 6.45) is 1.67. The maximum atomic E-state index is 13.5. The largest absolute Gasteiger partial charge is 0.313 e. The van der Waals surface area contributed by atoms with E-state index in [4.69, 9.17) is 0 Å². The molecule has 18 heavy (non-hydrogen) atoms. The Morgan fingerprint density at radius 1 is 1.33 bits per heavy atom. The van der Waals surface area contributed by atoms with Crippen LogP contribution in [0.3, 0.4) is 0 Å². The van der Waals surface area contributed by atoms with Gasteiger partial charge in [0.05, 0.1) is 0 Å². The molecule has 0 spiro atoms. The van der Waals surface area contributed by atoms with Crippen molar-refractivity contribution in [2.24, 2.45) is 0 Å². The normalized spacial score (nSPS) is 25.0. The zero-order chi connectivity index (χ0) is 13.2. The molecule has 0 aromatic heterocycles. The first-order valence-corrected chi connectivity index (χ1v) is 7.47. The molecule has 1 aromatic rings. The van der Waals surface area contributed by atoms with Crippen LogP contribution >= 0.6 is 0 Å². The quantitative estimate of drug-likeness (QED) is 0.870. The average Bonchev–Trinajstić information content (AvgIpc) is 2.32. The fraction of sp³-hybridized carbons (Fsp3) is 0.500. The average molecular weight is 272 g/mol. The van der Waals surface area contributed by atoms with E-state index in [9.17, 15) is 12.8 Å². The number of halogens is 1. The van der Waals surface area contributed by atoms with Gasteiger partial charge in [-0.15, -0.1) is 0 Å². The van der Waals surface area contributed by atoms with Crippen LogP contribution in [0.4, 0.5) is 4.39 Å². The predicted octanol–water partition coefficient (Wildman–Crippen LogP) is 1.24. The lowest BCUT2D eigenvalue weighted by Gasteiger charge is -2.28. The van der Waals surface area contributed by atoms with E-state index in [0.717, 1.165) is 18.9 Å². The van der Waals surface area contributed by atoms with Crippen LogP contribution in [0.5, 0.6) is 0 Å². The summed E-state index contributed by atoms with van der Waals surface area (Å²) in [5.41, 5.74) is 0. The summed E-state index contributed by atoms with van der Waals surface area (Å²) in [7, 11) is -3.77. The number of nitrogens with one attached hydrogen (secondary N) is 2. The lowest BCUT2D eigenvalue weighted by atomic mass is 10.0. The van der Waals surface area contributed by atoms with E-state index in [0.29, 0.717) is 12.6 Å². The standard InChI is InChI=1S/C12H17FN2O2S/c1-9-6-7-10(8-14-9)15-18(16,17)12-5-3-2-4-11(12)13/h2-5,9-10,14-15H,6-8H2,1H3. The minimum absolute atomic E-state index is 0.175. The van der Waals surface area contributed by atoms with Gasteiger partial charge < -0.3 is 5.32 Å². The van der Waals surface area contributed by atoms with Crippen molar-refractivity contribution in [2.45, 2.75) is 36.7 Å². The summed E-state index contributed by atoms with van der Waals surface area (Å²) in [6.45, 7) is 2.64. The van der Waals surface area contributed by atoms with E-state index in [2.05, 4.69) is 17.0 Å². The molecule has 2 N–H and O–H groups in total. The van der Waals surface area contributed by atoms with Gasteiger partial charge in [-0.1, -0.05) is 12.1 Å². The van der Waals surface area contributed by atoms with Gasteiger partial charge >= 0.3 is 0 Å². The number of benzene rings is 1. The fourth-order valence-corrected chi connectivity index (χ4v) is 3.39. The molecule has 2 atom stereocenters. The number of sulfonamides is 1. The first-order chi connectivity index (χ1) is 8.49. The summed E-state index contributed by atoms with van der Waals surface area (Å²) in [4.78, 5) is -0.288. The molecule has 1 saturated heterocycles. The van der Waals surface area contributed by atoms with Crippen LogP contribution in [-0.2, 0) is 10.0 Å². The highest BCUT2D eigenvalue weighted by atomic mass is 32.2. The molecule has 2 rings (SSSR count). The Morgan fingerprint density at radius 2 is 2.06 bits per heavy atom. The van der Waals surface area contributed by atoms with E-state index in [-0.39, 0.29) is 10.9 Å². The molecular formula is C12H17FN2O2S. The van der Waals surface area contributed by atoms with Gasteiger partial charge in [0.2, 0.25) is 10.0 Å². The van der Waals surface area contributed by atoms with Crippen molar-refractivity contribution < 1.29 is 12.8 Å². The Hall–Kier alpha value is -0.980. The van der Waals surface area contributed by atoms with Gasteiger partial charge in [0.25, 0.3) is 0 Å². The fourth-order valence-electron chi connectivity index (χ4n) is 2.04. The second-order valence-electron chi connectivity index (χ2n) is 4.64. The van der Waals surface area contributed by atoms with Crippen molar-refractivity contribution in [3.05, 3.63) is 30.1 Å². The Bertz CT molecular complexity index is 511. The van der Waals surface area contributed by atoms with Crippen molar-refractivity contribution in [3.63, 3.8) is 0 Å². The third kappa shape index (κ3) is 3.07. The smallest absolute Gasteiger partial charge is 0.243 e. The highest BCUT2D eigenvalue weighted by molar-refractivity contribution is 7.89. The molecule has 1 aliphatic rings. The second kappa shape index (κ2) is 5.34. The van der Waals surface area contributed by atoms with Gasteiger partial charge in [0.15, 0.2) is 0 Å². The van der Waals surface area contributed by atoms with E-state index in [1.807, 2.05) is 0 Å². The first kappa shape index (κ1) is 13.5. The summed E-state index contributed by atoms with van der Waals surface area (Å²) in [5.74, 6) is -0.720. The van der Waals surface area contributed by atoms with E-state index >= 15 is 0 Å². The Labute approximate surface area is 107 Å². The minimum Gasteiger partial charge on any atom is -0.313 e. The van der Waals surface area contributed by atoms with Gasteiger partial charge in [-0.3, -0.25) is 0 Å². The molecule has 0 radical (unpaired) electrons. The number of piperidine rings is 1. The van der Waals surface area contributed by atoms with Crippen molar-refractivity contribution in [1.82, 2.24) is 10.0 Å². The zero-order valence-electron chi connectivity index (χ0n) is 10.2. The highest BCUT2D eigenvalue weighted by Gasteiger charge is 2.25. The van der Waals surface area contributed by atoms with Crippen LogP contribution < -0.4 is 10.0 Å². The topological polar surface area (TPSA) is 58.2 Å². The molecule has 4 nitrogen and oxygen atoms in total. The Kier molecular flexibility index (Phi) is 3.99. The van der Waals surface area contributed by atoms with Gasteiger partial charge in [0, 0.05) is 18.6 Å². The summed E-state index contributed by atoms with van der Waals surface area (Å²) < 4.78 is 40.1. The van der Waals surface area contributed by atoms with Gasteiger partial charge in [-0.2, -0.15) is 0 Å². The molecular weight excluding hydrogens is 255 g/mol.